The third-order valence-corrected chi connectivity index (χ3v) is 0.883. The molecule has 0 amide bonds. The van der Waals surface area contributed by atoms with E-state index >= 15 is 0 Å². The van der Waals surface area contributed by atoms with E-state index in [2.05, 4.69) is 14.8 Å². The lowest BCUT2D eigenvalue weighted by molar-refractivity contribution is -0.745. The quantitative estimate of drug-likeness (QED) is 0.345. The Kier molecular flexibility index (Phi) is 3.29. The lowest BCUT2D eigenvalue weighted by Gasteiger charge is -2.02. The Balaban J connectivity index is 3.53. The van der Waals surface area contributed by atoms with Crippen LogP contribution in [0.4, 0.5) is 0 Å². The van der Waals surface area contributed by atoms with Crippen LogP contribution >= 0.6 is 8.53 Å². The van der Waals surface area contributed by atoms with Gasteiger partial charge in [-0.3, -0.25) is 5.50 Å². The Labute approximate surface area is 54.9 Å². The third-order valence-electron chi connectivity index (χ3n) is 0.294. The SMILES string of the molecule is NP(O[N+](=O)[O-])O[N+](=O)[O-]. The first-order chi connectivity index (χ1) is 4.52. The highest BCUT2D eigenvalue weighted by Crippen LogP contribution is 2.27. The summed E-state index contributed by atoms with van der Waals surface area (Å²) in [6.07, 6.45) is 0. The van der Waals surface area contributed by atoms with Crippen LogP contribution in [0.3, 0.4) is 0 Å². The van der Waals surface area contributed by atoms with Crippen LogP contribution in [0.15, 0.2) is 0 Å². The summed E-state index contributed by atoms with van der Waals surface area (Å²) in [5, 5.41) is 16.3. The van der Waals surface area contributed by atoms with E-state index in [0.29, 0.717) is 0 Å². The fourth-order valence-electron chi connectivity index (χ4n) is 0.146. The molecule has 10 heteroatoms. The topological polar surface area (TPSA) is 131 Å². The first-order valence-corrected chi connectivity index (χ1v) is 2.97. The second-order valence-corrected chi connectivity index (χ2v) is 1.79. The van der Waals surface area contributed by atoms with Gasteiger partial charge < -0.3 is 0 Å². The molecular formula is H2N3O6P. The van der Waals surface area contributed by atoms with Crippen molar-refractivity contribution in [1.29, 1.82) is 0 Å². The van der Waals surface area contributed by atoms with Gasteiger partial charge in [0.05, 0.1) is 0 Å². The zero-order valence-corrected chi connectivity index (χ0v) is 5.26. The highest BCUT2D eigenvalue weighted by molar-refractivity contribution is 7.44. The number of nitrogens with two attached hydrogens (primary N) is 1. The van der Waals surface area contributed by atoms with Gasteiger partial charge in [0, 0.05) is 0 Å². The van der Waals surface area contributed by atoms with Crippen LogP contribution < -0.4 is 5.50 Å². The summed E-state index contributed by atoms with van der Waals surface area (Å²) in [7, 11) is -2.56. The molecule has 0 spiro atoms. The number of hydrogen-bond acceptors (Lipinski definition) is 7. The molecule has 9 nitrogen and oxygen atoms in total. The van der Waals surface area contributed by atoms with Crippen LogP contribution in [-0.2, 0) is 9.25 Å². The van der Waals surface area contributed by atoms with Crippen LogP contribution in [0.2, 0.25) is 0 Å². The van der Waals surface area contributed by atoms with Crippen molar-refractivity contribution in [3.05, 3.63) is 20.2 Å². The smallest absolute Gasteiger partial charge is 0.266 e. The van der Waals surface area contributed by atoms with E-state index in [1.807, 2.05) is 0 Å². The van der Waals surface area contributed by atoms with Crippen LogP contribution in [-0.4, -0.2) is 10.2 Å². The Morgan fingerprint density at radius 2 is 1.50 bits per heavy atom. The lowest BCUT2D eigenvalue weighted by atomic mass is 13.1. The Hall–Kier alpha value is -1.21. The maximum absolute atomic E-state index is 9.41. The monoisotopic (exact) mass is 171 g/mol. The zero-order valence-electron chi connectivity index (χ0n) is 4.37. The minimum atomic E-state index is -2.56. The van der Waals surface area contributed by atoms with Crippen molar-refractivity contribution in [3.63, 3.8) is 0 Å². The van der Waals surface area contributed by atoms with Crippen LogP contribution in [0.25, 0.3) is 0 Å². The van der Waals surface area contributed by atoms with Gasteiger partial charge in [-0.05, 0) is 0 Å². The molecule has 0 rings (SSSR count). The van der Waals surface area contributed by atoms with Crippen molar-refractivity contribution in [2.75, 3.05) is 0 Å². The predicted octanol–water partition coefficient (Wildman–Crippen LogP) is -0.411. The molecule has 2 N–H and O–H groups in total. The average Bonchev–Trinajstić information content (AvgIpc) is 1.58. The van der Waals surface area contributed by atoms with Gasteiger partial charge >= 0.3 is 18.7 Å². The minimum Gasteiger partial charge on any atom is -0.266 e. The number of rotatable bonds is 4. The van der Waals surface area contributed by atoms with Gasteiger partial charge in [-0.1, -0.05) is 0 Å². The molecule has 0 fully saturated rings. The molecule has 58 valence electrons. The van der Waals surface area contributed by atoms with Crippen molar-refractivity contribution in [2.24, 2.45) is 5.50 Å². The van der Waals surface area contributed by atoms with Gasteiger partial charge in [0.15, 0.2) is 0 Å². The summed E-state index contributed by atoms with van der Waals surface area (Å²) in [5.74, 6) is 0. The van der Waals surface area contributed by atoms with E-state index in [4.69, 9.17) is 0 Å². The van der Waals surface area contributed by atoms with Gasteiger partial charge in [-0.15, -0.1) is 20.2 Å². The molecule has 0 aromatic heterocycles. The second kappa shape index (κ2) is 3.75. The highest BCUT2D eigenvalue weighted by atomic mass is 31.2. The van der Waals surface area contributed by atoms with Gasteiger partial charge in [-0.25, -0.2) is 9.25 Å². The molecular weight excluding hydrogens is 169 g/mol. The molecule has 0 saturated carbocycles. The average molecular weight is 171 g/mol. The van der Waals surface area contributed by atoms with Gasteiger partial charge in [0.25, 0.3) is 0 Å². The summed E-state index contributed by atoms with van der Waals surface area (Å²) in [6.45, 7) is 0. The molecule has 0 aliphatic rings. The van der Waals surface area contributed by atoms with E-state index < -0.39 is 18.7 Å². The summed E-state index contributed by atoms with van der Waals surface area (Å²) in [6, 6.07) is 0. The fourth-order valence-corrected chi connectivity index (χ4v) is 0.439. The Morgan fingerprint density at radius 1 is 1.20 bits per heavy atom. The van der Waals surface area contributed by atoms with Gasteiger partial charge in [0.2, 0.25) is 0 Å². The van der Waals surface area contributed by atoms with E-state index in [-0.39, 0.29) is 0 Å². The van der Waals surface area contributed by atoms with Crippen molar-refractivity contribution in [2.45, 2.75) is 0 Å². The lowest BCUT2D eigenvalue weighted by Crippen LogP contribution is -2.07. The standard InChI is InChI=1S/H2N3O6P/c1-10(8-2(4)5)9-3(6)7/h1H2. The van der Waals surface area contributed by atoms with E-state index in [1.54, 1.807) is 0 Å². The van der Waals surface area contributed by atoms with E-state index in [0.717, 1.165) is 0 Å². The van der Waals surface area contributed by atoms with Crippen LogP contribution in [0.5, 0.6) is 0 Å². The molecule has 0 aromatic carbocycles. The zero-order chi connectivity index (χ0) is 8.15. The molecule has 0 unspecified atom stereocenters. The molecule has 10 heavy (non-hydrogen) atoms. The van der Waals surface area contributed by atoms with Crippen LogP contribution in [0, 0.1) is 20.2 Å². The predicted molar refractivity (Wildman–Crippen MR) is 27.3 cm³/mol. The van der Waals surface area contributed by atoms with Gasteiger partial charge in [-0.2, -0.15) is 0 Å². The van der Waals surface area contributed by atoms with Crippen molar-refractivity contribution in [3.8, 4) is 0 Å². The molecule has 0 bridgehead atoms. The first kappa shape index (κ1) is 8.79. The molecule has 0 saturated heterocycles. The normalized spacial score (nSPS) is 9.00. The number of nitrogens with zero attached hydrogens (tertiary/aromatic N) is 2. The molecule has 0 aliphatic carbocycles. The molecule has 0 heterocycles. The second-order valence-electron chi connectivity index (χ2n) is 0.896. The summed E-state index contributed by atoms with van der Waals surface area (Å²) >= 11 is 0. The molecule has 0 aromatic rings. The van der Waals surface area contributed by atoms with Crippen molar-refractivity contribution in [1.82, 2.24) is 0 Å². The summed E-state index contributed by atoms with van der Waals surface area (Å²) < 4.78 is 6.92. The maximum atomic E-state index is 9.41. The van der Waals surface area contributed by atoms with Crippen molar-refractivity contribution >= 4 is 8.53 Å². The highest BCUT2D eigenvalue weighted by Gasteiger charge is 2.12. The third kappa shape index (κ3) is 4.94. The number of hydrogen-bond donors (Lipinski definition) is 1. The largest absolute Gasteiger partial charge is 0.341 e. The molecule has 0 radical (unpaired) electrons. The van der Waals surface area contributed by atoms with Crippen LogP contribution in [0.1, 0.15) is 0 Å². The minimum absolute atomic E-state index is 1.27. The fraction of sp³-hybridized carbons (Fsp3) is 0. The maximum Gasteiger partial charge on any atom is 0.341 e. The van der Waals surface area contributed by atoms with E-state index in [1.165, 1.54) is 0 Å². The Morgan fingerprint density at radius 3 is 1.70 bits per heavy atom. The van der Waals surface area contributed by atoms with E-state index in [9.17, 15) is 20.2 Å². The Bertz CT molecular complexity index is 128. The van der Waals surface area contributed by atoms with Gasteiger partial charge in [0.1, 0.15) is 0 Å². The summed E-state index contributed by atoms with van der Waals surface area (Å²) in [4.78, 5) is 18.8. The summed E-state index contributed by atoms with van der Waals surface area (Å²) in [5.41, 5.74) is 4.61. The van der Waals surface area contributed by atoms with Crippen molar-refractivity contribution < 1.29 is 19.4 Å². The molecule has 0 atom stereocenters. The molecule has 0 aliphatic heterocycles. The first-order valence-electron chi connectivity index (χ1n) is 1.72.